The molecule has 8 nitrogen and oxygen atoms in total. The van der Waals surface area contributed by atoms with Gasteiger partial charge in [0.25, 0.3) is 11.8 Å². The molecule has 4 rings (SSSR count). The maximum Gasteiger partial charge on any atom is 0.261 e. The Kier molecular flexibility index (Phi) is 5.63. The SMILES string of the molecule is CCNC(=O)c1cc(-c2csc(C(=O)NCc3ccc(F)cc3)c2)cn2nc(N)nc12. The van der Waals surface area contributed by atoms with Gasteiger partial charge in [-0.2, -0.15) is 4.98 Å². The van der Waals surface area contributed by atoms with E-state index in [1.54, 1.807) is 30.5 Å². The molecular formula is C21H19FN6O2S. The van der Waals surface area contributed by atoms with E-state index in [1.165, 1.54) is 28.0 Å². The van der Waals surface area contributed by atoms with Crippen molar-refractivity contribution in [2.24, 2.45) is 0 Å². The lowest BCUT2D eigenvalue weighted by Crippen LogP contribution is -2.23. The quantitative estimate of drug-likeness (QED) is 0.428. The zero-order valence-corrected chi connectivity index (χ0v) is 17.4. The van der Waals surface area contributed by atoms with E-state index in [0.29, 0.717) is 28.2 Å². The number of thiophene rings is 1. The number of nitrogens with one attached hydrogen (secondary N) is 2. The number of nitrogens with two attached hydrogens (primary N) is 1. The van der Waals surface area contributed by atoms with E-state index in [-0.39, 0.29) is 30.1 Å². The fraction of sp³-hybridized carbons (Fsp3) is 0.143. The Balaban J connectivity index is 1.58. The van der Waals surface area contributed by atoms with Crippen LogP contribution < -0.4 is 16.4 Å². The molecule has 0 spiro atoms. The fourth-order valence-corrected chi connectivity index (χ4v) is 3.89. The van der Waals surface area contributed by atoms with Crippen molar-refractivity contribution in [3.8, 4) is 11.1 Å². The zero-order chi connectivity index (χ0) is 22.0. The van der Waals surface area contributed by atoms with Crippen molar-refractivity contribution in [3.63, 3.8) is 0 Å². The molecule has 0 saturated carbocycles. The van der Waals surface area contributed by atoms with Crippen LogP contribution in [-0.4, -0.2) is 33.0 Å². The second-order valence-electron chi connectivity index (χ2n) is 6.75. The molecule has 1 aromatic carbocycles. The molecule has 0 aliphatic carbocycles. The molecular weight excluding hydrogens is 419 g/mol. The summed E-state index contributed by atoms with van der Waals surface area (Å²) in [6, 6.07) is 9.40. The molecule has 0 bridgehead atoms. The summed E-state index contributed by atoms with van der Waals surface area (Å²) in [6.07, 6.45) is 1.71. The standard InChI is InChI=1S/C21H19FN6O2S/c1-2-24-19(29)16-7-13(10-28-18(16)26-21(23)27-28)14-8-17(31-11-14)20(30)25-9-12-3-5-15(22)6-4-12/h3-8,10-11H,2,9H2,1H3,(H2,23,27)(H,24,29)(H,25,30). The molecule has 0 radical (unpaired) electrons. The van der Waals surface area contributed by atoms with Crippen LogP contribution in [-0.2, 0) is 6.54 Å². The fourth-order valence-electron chi connectivity index (χ4n) is 3.06. The van der Waals surface area contributed by atoms with Gasteiger partial charge in [0.1, 0.15) is 5.82 Å². The highest BCUT2D eigenvalue weighted by atomic mass is 32.1. The highest BCUT2D eigenvalue weighted by molar-refractivity contribution is 7.12. The lowest BCUT2D eigenvalue weighted by Gasteiger charge is -2.06. The number of rotatable bonds is 6. The number of carbonyl (C=O) groups is 2. The monoisotopic (exact) mass is 438 g/mol. The van der Waals surface area contributed by atoms with Gasteiger partial charge in [-0.05, 0) is 47.7 Å². The molecule has 4 N–H and O–H groups in total. The molecule has 0 fully saturated rings. The summed E-state index contributed by atoms with van der Waals surface area (Å²) < 4.78 is 14.5. The third-order valence-corrected chi connectivity index (χ3v) is 5.48. The van der Waals surface area contributed by atoms with Crippen molar-refractivity contribution in [3.05, 3.63) is 69.8 Å². The number of halogens is 1. The van der Waals surface area contributed by atoms with E-state index in [1.807, 2.05) is 12.3 Å². The van der Waals surface area contributed by atoms with Gasteiger partial charge in [-0.3, -0.25) is 9.59 Å². The molecule has 158 valence electrons. The number of carbonyl (C=O) groups excluding carboxylic acids is 2. The minimum atomic E-state index is -0.323. The van der Waals surface area contributed by atoms with Crippen LogP contribution in [0.15, 0.2) is 48.0 Å². The van der Waals surface area contributed by atoms with Crippen molar-refractivity contribution in [2.45, 2.75) is 13.5 Å². The highest BCUT2D eigenvalue weighted by Gasteiger charge is 2.17. The summed E-state index contributed by atoms with van der Waals surface area (Å²) in [4.78, 5) is 29.6. The van der Waals surface area contributed by atoms with Crippen LogP contribution in [0, 0.1) is 5.82 Å². The normalized spacial score (nSPS) is 10.9. The lowest BCUT2D eigenvalue weighted by molar-refractivity contribution is 0.0947. The van der Waals surface area contributed by atoms with Crippen LogP contribution in [0.3, 0.4) is 0 Å². The molecule has 3 aromatic heterocycles. The summed E-state index contributed by atoms with van der Waals surface area (Å²) in [7, 11) is 0. The van der Waals surface area contributed by atoms with Crippen molar-refractivity contribution >= 4 is 34.7 Å². The van der Waals surface area contributed by atoms with E-state index in [4.69, 9.17) is 5.73 Å². The van der Waals surface area contributed by atoms with Crippen LogP contribution >= 0.6 is 11.3 Å². The maximum atomic E-state index is 13.0. The number of amides is 2. The molecule has 0 saturated heterocycles. The van der Waals surface area contributed by atoms with Crippen molar-refractivity contribution in [1.29, 1.82) is 0 Å². The molecule has 10 heteroatoms. The largest absolute Gasteiger partial charge is 0.366 e. The summed E-state index contributed by atoms with van der Waals surface area (Å²) in [5.74, 6) is -0.783. The maximum absolute atomic E-state index is 13.0. The first-order valence-electron chi connectivity index (χ1n) is 9.50. The Labute approximate surface area is 180 Å². The van der Waals surface area contributed by atoms with Gasteiger partial charge in [-0.1, -0.05) is 12.1 Å². The predicted molar refractivity (Wildman–Crippen MR) is 116 cm³/mol. The first-order valence-corrected chi connectivity index (χ1v) is 10.4. The van der Waals surface area contributed by atoms with Gasteiger partial charge >= 0.3 is 0 Å². The molecule has 0 unspecified atom stereocenters. The average molecular weight is 438 g/mol. The minimum absolute atomic E-state index is 0.0638. The van der Waals surface area contributed by atoms with Gasteiger partial charge in [0.05, 0.1) is 10.4 Å². The van der Waals surface area contributed by atoms with Gasteiger partial charge in [0, 0.05) is 24.8 Å². The molecule has 2 amide bonds. The van der Waals surface area contributed by atoms with Gasteiger partial charge in [0.2, 0.25) is 5.95 Å². The van der Waals surface area contributed by atoms with Gasteiger partial charge in [-0.15, -0.1) is 16.4 Å². The summed E-state index contributed by atoms with van der Waals surface area (Å²) in [6.45, 7) is 2.58. The smallest absolute Gasteiger partial charge is 0.261 e. The zero-order valence-electron chi connectivity index (χ0n) is 16.6. The number of nitrogens with zero attached hydrogens (tertiary/aromatic N) is 3. The Bertz CT molecular complexity index is 1260. The summed E-state index contributed by atoms with van der Waals surface area (Å²) in [5, 5.41) is 11.5. The molecule has 31 heavy (non-hydrogen) atoms. The molecule has 4 aromatic rings. The van der Waals surface area contributed by atoms with Crippen LogP contribution in [0.4, 0.5) is 10.3 Å². The topological polar surface area (TPSA) is 114 Å². The van der Waals surface area contributed by atoms with E-state index in [0.717, 1.165) is 11.1 Å². The Morgan fingerprint density at radius 2 is 1.90 bits per heavy atom. The van der Waals surface area contributed by atoms with Crippen molar-refractivity contribution in [2.75, 3.05) is 12.3 Å². The van der Waals surface area contributed by atoms with Gasteiger partial charge < -0.3 is 16.4 Å². The van der Waals surface area contributed by atoms with Crippen LogP contribution in [0.2, 0.25) is 0 Å². The van der Waals surface area contributed by atoms with Crippen LogP contribution in [0.5, 0.6) is 0 Å². The van der Waals surface area contributed by atoms with E-state index < -0.39 is 0 Å². The first kappa shape index (κ1) is 20.5. The Morgan fingerprint density at radius 3 is 2.65 bits per heavy atom. The molecule has 0 aliphatic rings. The number of anilines is 1. The second-order valence-corrected chi connectivity index (χ2v) is 7.66. The Morgan fingerprint density at radius 1 is 1.13 bits per heavy atom. The molecule has 3 heterocycles. The van der Waals surface area contributed by atoms with Crippen LogP contribution in [0.1, 0.15) is 32.5 Å². The third-order valence-electron chi connectivity index (χ3n) is 4.55. The minimum Gasteiger partial charge on any atom is -0.366 e. The summed E-state index contributed by atoms with van der Waals surface area (Å²) >= 11 is 1.28. The van der Waals surface area contributed by atoms with E-state index in [9.17, 15) is 14.0 Å². The van der Waals surface area contributed by atoms with Crippen molar-refractivity contribution in [1.82, 2.24) is 25.2 Å². The van der Waals surface area contributed by atoms with Crippen LogP contribution in [0.25, 0.3) is 16.8 Å². The lowest BCUT2D eigenvalue weighted by atomic mass is 10.1. The van der Waals surface area contributed by atoms with Crippen molar-refractivity contribution < 1.29 is 14.0 Å². The second kappa shape index (κ2) is 8.52. The summed E-state index contributed by atoms with van der Waals surface area (Å²) in [5.41, 5.74) is 8.68. The average Bonchev–Trinajstić information content (AvgIpc) is 3.38. The molecule has 0 aliphatic heterocycles. The third kappa shape index (κ3) is 4.38. The van der Waals surface area contributed by atoms with Gasteiger partial charge in [-0.25, -0.2) is 8.91 Å². The number of nitrogen functional groups attached to an aromatic ring is 1. The molecule has 0 atom stereocenters. The van der Waals surface area contributed by atoms with E-state index in [2.05, 4.69) is 20.7 Å². The first-order chi connectivity index (χ1) is 14.9. The predicted octanol–water partition coefficient (Wildman–Crippen LogP) is 2.86. The number of benzene rings is 1. The Hall–Kier alpha value is -3.79. The highest BCUT2D eigenvalue weighted by Crippen LogP contribution is 2.28. The number of fused-ring (bicyclic) bond motifs is 1. The number of aromatic nitrogens is 3. The van der Waals surface area contributed by atoms with E-state index >= 15 is 0 Å². The number of hydrogen-bond acceptors (Lipinski definition) is 6. The number of pyridine rings is 1. The number of hydrogen-bond donors (Lipinski definition) is 3. The van der Waals surface area contributed by atoms with Gasteiger partial charge in [0.15, 0.2) is 5.65 Å².